The summed E-state index contributed by atoms with van der Waals surface area (Å²) in [4.78, 5) is 31.2. The van der Waals surface area contributed by atoms with Gasteiger partial charge in [-0.25, -0.2) is 0 Å². The maximum Gasteiger partial charge on any atom is 0.321 e. The minimum Gasteiger partial charge on any atom is -0.481 e. The molecule has 0 bridgehead atoms. The smallest absolute Gasteiger partial charge is 0.321 e. The molecule has 0 aromatic heterocycles. The van der Waals surface area contributed by atoms with Gasteiger partial charge in [-0.1, -0.05) is 0 Å². The highest BCUT2D eigenvalue weighted by Gasteiger charge is 2.38. The number of ketones is 1. The summed E-state index contributed by atoms with van der Waals surface area (Å²) < 4.78 is 0. The molecule has 0 amide bonds. The van der Waals surface area contributed by atoms with Crippen molar-refractivity contribution < 1.29 is 24.6 Å². The van der Waals surface area contributed by atoms with E-state index in [0.29, 0.717) is 6.42 Å². The summed E-state index contributed by atoms with van der Waals surface area (Å²) in [5.74, 6) is -2.52. The van der Waals surface area contributed by atoms with Gasteiger partial charge in [-0.05, 0) is 0 Å². The van der Waals surface area contributed by atoms with Crippen LogP contribution in [-0.2, 0) is 14.4 Å². The molecular weight excluding hydrogens is 178 g/mol. The van der Waals surface area contributed by atoms with Gasteiger partial charge in [0.2, 0.25) is 0 Å². The van der Waals surface area contributed by atoms with Crippen LogP contribution in [0.2, 0.25) is 0 Å². The van der Waals surface area contributed by atoms with E-state index in [1.165, 1.54) is 0 Å². The normalized spacial score (nSPS) is 22.5. The number of carboxylic acid groups (broad SMARTS) is 2. The lowest BCUT2D eigenvalue weighted by Crippen LogP contribution is -2.40. The van der Waals surface area contributed by atoms with Crippen LogP contribution in [0.5, 0.6) is 0 Å². The van der Waals surface area contributed by atoms with Crippen LogP contribution >= 0.6 is 0 Å². The molecule has 6 heteroatoms. The first-order chi connectivity index (χ1) is 6.00. The molecule has 1 rings (SSSR count). The van der Waals surface area contributed by atoms with Crippen molar-refractivity contribution in [2.45, 2.75) is 24.9 Å². The number of aliphatic carboxylic acids is 2. The zero-order valence-corrected chi connectivity index (χ0v) is 6.69. The second-order valence-corrected chi connectivity index (χ2v) is 2.88. The molecule has 0 aromatic carbocycles. The lowest BCUT2D eigenvalue weighted by Gasteiger charge is -2.09. The van der Waals surface area contributed by atoms with Crippen LogP contribution in [0.3, 0.4) is 0 Å². The summed E-state index contributed by atoms with van der Waals surface area (Å²) >= 11 is 0. The minimum atomic E-state index is -1.25. The van der Waals surface area contributed by atoms with Gasteiger partial charge in [0.05, 0.1) is 12.5 Å². The van der Waals surface area contributed by atoms with E-state index in [1.54, 1.807) is 0 Å². The quantitative estimate of drug-likeness (QED) is 0.501. The molecule has 1 saturated carbocycles. The molecule has 2 atom stereocenters. The molecule has 72 valence electrons. The number of nitrogens with one attached hydrogen (secondary N) is 1. The van der Waals surface area contributed by atoms with Gasteiger partial charge in [0.25, 0.3) is 0 Å². The van der Waals surface area contributed by atoms with Gasteiger partial charge in [0.15, 0.2) is 5.78 Å². The minimum absolute atomic E-state index is 0.0726. The Bertz CT molecular complexity index is 262. The van der Waals surface area contributed by atoms with Crippen molar-refractivity contribution in [3.05, 3.63) is 0 Å². The predicted molar refractivity (Wildman–Crippen MR) is 40.2 cm³/mol. The van der Waals surface area contributed by atoms with Crippen LogP contribution in [0.15, 0.2) is 0 Å². The van der Waals surface area contributed by atoms with Gasteiger partial charge >= 0.3 is 11.9 Å². The molecule has 0 aromatic rings. The molecule has 0 heterocycles. The number of hydrogen-bond acceptors (Lipinski definition) is 4. The van der Waals surface area contributed by atoms with Crippen molar-refractivity contribution in [1.29, 1.82) is 0 Å². The van der Waals surface area contributed by atoms with E-state index in [-0.39, 0.29) is 5.78 Å². The largest absolute Gasteiger partial charge is 0.481 e. The molecular formula is C7H9NO5. The Morgan fingerprint density at radius 3 is 2.38 bits per heavy atom. The van der Waals surface area contributed by atoms with Crippen LogP contribution in [-0.4, -0.2) is 40.0 Å². The average Bonchev–Trinajstić information content (AvgIpc) is 2.64. The van der Waals surface area contributed by atoms with Crippen molar-refractivity contribution in [1.82, 2.24) is 5.32 Å². The van der Waals surface area contributed by atoms with Gasteiger partial charge < -0.3 is 10.2 Å². The van der Waals surface area contributed by atoms with Crippen molar-refractivity contribution in [2.24, 2.45) is 0 Å². The van der Waals surface area contributed by atoms with Gasteiger partial charge in [-0.2, -0.15) is 0 Å². The second kappa shape index (κ2) is 3.53. The molecule has 0 radical (unpaired) electrons. The number of carbonyl (C=O) groups excluding carboxylic acids is 1. The van der Waals surface area contributed by atoms with E-state index in [2.05, 4.69) is 5.32 Å². The lowest BCUT2D eigenvalue weighted by molar-refractivity contribution is -0.146. The summed E-state index contributed by atoms with van der Waals surface area (Å²) in [6, 6.07) is -1.63. The number of hydrogen-bond donors (Lipinski definition) is 3. The molecule has 0 saturated heterocycles. The number of carboxylic acids is 2. The topological polar surface area (TPSA) is 104 Å². The fraction of sp³-hybridized carbons (Fsp3) is 0.571. The monoisotopic (exact) mass is 187 g/mol. The summed E-state index contributed by atoms with van der Waals surface area (Å²) in [6.07, 6.45) is -0.220. The van der Waals surface area contributed by atoms with Gasteiger partial charge in [0.1, 0.15) is 6.04 Å². The highest BCUT2D eigenvalue weighted by molar-refractivity contribution is 6.00. The van der Waals surface area contributed by atoms with E-state index in [4.69, 9.17) is 10.2 Å². The van der Waals surface area contributed by atoms with E-state index in [1.807, 2.05) is 0 Å². The average molecular weight is 187 g/mol. The third-order valence-corrected chi connectivity index (χ3v) is 1.71. The first kappa shape index (κ1) is 9.66. The maximum atomic E-state index is 10.5. The highest BCUT2D eigenvalue weighted by Crippen LogP contribution is 2.14. The Kier molecular flexibility index (Phi) is 2.62. The van der Waals surface area contributed by atoms with Crippen LogP contribution in [0.1, 0.15) is 12.8 Å². The fourth-order valence-electron chi connectivity index (χ4n) is 0.929. The Morgan fingerprint density at radius 2 is 2.08 bits per heavy atom. The van der Waals surface area contributed by atoms with Crippen molar-refractivity contribution >= 4 is 17.7 Å². The van der Waals surface area contributed by atoms with Crippen LogP contribution < -0.4 is 5.32 Å². The molecule has 1 aliphatic rings. The van der Waals surface area contributed by atoms with Gasteiger partial charge in [0, 0.05) is 6.42 Å². The predicted octanol–water partition coefficient (Wildman–Crippen LogP) is -1.15. The standard InChI is InChI=1S/C7H9NO5/c9-5-1-3(5)8-4(7(12)13)2-6(10)11/h3-4,8H,1-2H2,(H,10,11)(H,12,13). The molecule has 1 fully saturated rings. The van der Waals surface area contributed by atoms with Crippen LogP contribution in [0.25, 0.3) is 0 Å². The Hall–Kier alpha value is -1.43. The fourth-order valence-corrected chi connectivity index (χ4v) is 0.929. The maximum absolute atomic E-state index is 10.5. The van der Waals surface area contributed by atoms with Crippen LogP contribution in [0.4, 0.5) is 0 Å². The molecule has 13 heavy (non-hydrogen) atoms. The molecule has 6 nitrogen and oxygen atoms in total. The molecule has 3 N–H and O–H groups in total. The molecule has 0 aliphatic heterocycles. The first-order valence-electron chi connectivity index (χ1n) is 3.74. The molecule has 2 unspecified atom stereocenters. The summed E-state index contributed by atoms with van der Waals surface area (Å²) in [5.41, 5.74) is 0. The first-order valence-corrected chi connectivity index (χ1v) is 3.74. The highest BCUT2D eigenvalue weighted by atomic mass is 16.4. The summed E-state index contributed by atoms with van der Waals surface area (Å²) in [6.45, 7) is 0. The lowest BCUT2D eigenvalue weighted by atomic mass is 10.2. The summed E-state index contributed by atoms with van der Waals surface area (Å²) in [5, 5.41) is 19.3. The van der Waals surface area contributed by atoms with Crippen molar-refractivity contribution in [3.63, 3.8) is 0 Å². The van der Waals surface area contributed by atoms with Crippen molar-refractivity contribution in [2.75, 3.05) is 0 Å². The van der Waals surface area contributed by atoms with Gasteiger partial charge in [-0.3, -0.25) is 19.7 Å². The summed E-state index contributed by atoms with van der Waals surface area (Å²) in [7, 11) is 0. The molecule has 0 spiro atoms. The Morgan fingerprint density at radius 1 is 1.54 bits per heavy atom. The number of rotatable bonds is 5. The number of Topliss-reactive ketones (excluding diaryl/α,β-unsaturated/α-hetero) is 1. The third-order valence-electron chi connectivity index (χ3n) is 1.71. The number of carbonyl (C=O) groups is 3. The van der Waals surface area contributed by atoms with E-state index >= 15 is 0 Å². The van der Waals surface area contributed by atoms with Crippen molar-refractivity contribution in [3.8, 4) is 0 Å². The van der Waals surface area contributed by atoms with Gasteiger partial charge in [-0.15, -0.1) is 0 Å². The van der Waals surface area contributed by atoms with E-state index in [9.17, 15) is 14.4 Å². The second-order valence-electron chi connectivity index (χ2n) is 2.88. The zero-order chi connectivity index (χ0) is 10.0. The Balaban J connectivity index is 2.42. The SMILES string of the molecule is O=C(O)CC(NC1CC1=O)C(=O)O. The van der Waals surface area contributed by atoms with E-state index < -0.39 is 30.4 Å². The third kappa shape index (κ3) is 2.83. The Labute approximate surface area is 73.5 Å². The zero-order valence-electron chi connectivity index (χ0n) is 6.69. The van der Waals surface area contributed by atoms with E-state index in [0.717, 1.165) is 0 Å². The van der Waals surface area contributed by atoms with Crippen LogP contribution in [0, 0.1) is 0 Å². The molecule has 1 aliphatic carbocycles.